The molecule has 0 bridgehead atoms. The van der Waals surface area contributed by atoms with Crippen molar-refractivity contribution in [2.24, 2.45) is 0 Å². The third-order valence-corrected chi connectivity index (χ3v) is 4.87. The molecule has 32 heavy (non-hydrogen) atoms. The van der Waals surface area contributed by atoms with E-state index < -0.39 is 24.9 Å². The molecule has 0 aliphatic rings. The molecule has 9 heteroatoms. The zero-order valence-corrected chi connectivity index (χ0v) is 19.6. The van der Waals surface area contributed by atoms with E-state index in [9.17, 15) is 19.6 Å². The molecule has 0 saturated carbocycles. The van der Waals surface area contributed by atoms with Gasteiger partial charge < -0.3 is 19.5 Å². The van der Waals surface area contributed by atoms with Crippen LogP contribution in [-0.4, -0.2) is 53.7 Å². The predicted octanol–water partition coefficient (Wildman–Crippen LogP) is 1.86. The maximum Gasteiger partial charge on any atom is 0.488 e. The van der Waals surface area contributed by atoms with Gasteiger partial charge in [-0.05, 0) is 64.3 Å². The molecule has 2 rings (SSSR count). The van der Waals surface area contributed by atoms with E-state index in [1.165, 1.54) is 37.4 Å². The molecule has 0 saturated heterocycles. The third kappa shape index (κ3) is 5.95. The van der Waals surface area contributed by atoms with Crippen LogP contribution in [0.3, 0.4) is 0 Å². The van der Waals surface area contributed by atoms with Crippen LogP contribution in [0.15, 0.2) is 36.4 Å². The summed E-state index contributed by atoms with van der Waals surface area (Å²) in [5.41, 5.74) is 4.88. The van der Waals surface area contributed by atoms with Crippen molar-refractivity contribution in [2.75, 3.05) is 14.2 Å². The molecule has 0 spiro atoms. The highest BCUT2D eigenvalue weighted by molar-refractivity contribution is 6.59. The topological polar surface area (TPSA) is 108 Å². The van der Waals surface area contributed by atoms with Crippen LogP contribution in [-0.2, 0) is 9.47 Å². The lowest BCUT2D eigenvalue weighted by Crippen LogP contribution is -2.56. The van der Waals surface area contributed by atoms with Crippen LogP contribution in [0.25, 0.3) is 0 Å². The average Bonchev–Trinajstić information content (AvgIpc) is 2.70. The second-order valence-corrected chi connectivity index (χ2v) is 8.65. The molecule has 2 amide bonds. The van der Waals surface area contributed by atoms with Gasteiger partial charge in [0.15, 0.2) is 6.29 Å². The van der Waals surface area contributed by atoms with Crippen LogP contribution in [0.5, 0.6) is 0 Å². The van der Waals surface area contributed by atoms with Gasteiger partial charge in [-0.2, -0.15) is 0 Å². The smallest absolute Gasteiger partial charge is 0.423 e. The Morgan fingerprint density at radius 3 is 2.00 bits per heavy atom. The summed E-state index contributed by atoms with van der Waals surface area (Å²) >= 11 is 0. The van der Waals surface area contributed by atoms with Gasteiger partial charge >= 0.3 is 7.12 Å². The van der Waals surface area contributed by atoms with E-state index in [1.54, 1.807) is 12.1 Å². The molecule has 2 aromatic carbocycles. The van der Waals surface area contributed by atoms with Crippen LogP contribution >= 0.6 is 0 Å². The Morgan fingerprint density at radius 2 is 1.53 bits per heavy atom. The number of hydrogen-bond acceptors (Lipinski definition) is 6. The summed E-state index contributed by atoms with van der Waals surface area (Å²) in [6, 6.07) is 9.86. The summed E-state index contributed by atoms with van der Waals surface area (Å²) in [5.74, 6) is -0.923. The van der Waals surface area contributed by atoms with Crippen LogP contribution in [0.4, 0.5) is 0 Å². The Labute approximate surface area is 189 Å². The molecule has 2 aromatic rings. The van der Waals surface area contributed by atoms with Crippen LogP contribution in [0.1, 0.15) is 64.5 Å². The molecule has 0 atom stereocenters. The maximum atomic E-state index is 13.3. The zero-order chi connectivity index (χ0) is 24.2. The highest BCUT2D eigenvalue weighted by atomic mass is 16.7. The van der Waals surface area contributed by atoms with Crippen molar-refractivity contribution >= 4 is 24.4 Å². The van der Waals surface area contributed by atoms with E-state index in [1.807, 2.05) is 40.7 Å². The first kappa shape index (κ1) is 25.5. The highest BCUT2D eigenvalue weighted by Crippen LogP contribution is 2.19. The monoisotopic (exact) mass is 442 g/mol. The van der Waals surface area contributed by atoms with E-state index in [-0.39, 0.29) is 16.9 Å². The van der Waals surface area contributed by atoms with Crippen molar-refractivity contribution in [1.29, 1.82) is 0 Å². The van der Waals surface area contributed by atoms with Crippen molar-refractivity contribution in [3.8, 4) is 0 Å². The number of hydrazine groups is 1. The number of methoxy groups -OCH3 is 2. The Bertz CT molecular complexity index is 963. The Morgan fingerprint density at radius 1 is 0.969 bits per heavy atom. The zero-order valence-electron chi connectivity index (χ0n) is 19.6. The molecule has 0 unspecified atom stereocenters. The molecule has 0 aliphatic heterocycles. The Hall–Kier alpha value is -2.72. The fourth-order valence-corrected chi connectivity index (χ4v) is 3.42. The first-order valence-electron chi connectivity index (χ1n) is 10.2. The molecule has 8 nitrogen and oxygen atoms in total. The van der Waals surface area contributed by atoms with E-state index in [0.29, 0.717) is 11.1 Å². The number of rotatable bonds is 6. The lowest BCUT2D eigenvalue weighted by atomic mass is 9.76. The second kappa shape index (κ2) is 10.3. The molecule has 0 aliphatic carbocycles. The van der Waals surface area contributed by atoms with Crippen LogP contribution in [0.2, 0.25) is 0 Å². The van der Waals surface area contributed by atoms with Gasteiger partial charge in [0.2, 0.25) is 0 Å². The second-order valence-electron chi connectivity index (χ2n) is 8.65. The third-order valence-electron chi connectivity index (χ3n) is 4.87. The van der Waals surface area contributed by atoms with Crippen LogP contribution in [0, 0.1) is 13.8 Å². The van der Waals surface area contributed by atoms with E-state index in [0.717, 1.165) is 11.1 Å². The number of benzene rings is 2. The summed E-state index contributed by atoms with van der Waals surface area (Å²) in [7, 11) is 0.991. The van der Waals surface area contributed by atoms with Crippen molar-refractivity contribution < 1.29 is 29.1 Å². The number of nitrogens with zero attached hydrogens (tertiary/aromatic N) is 1. The molecule has 3 N–H and O–H groups in total. The van der Waals surface area contributed by atoms with Gasteiger partial charge in [0.25, 0.3) is 11.8 Å². The normalized spacial score (nSPS) is 11.4. The minimum atomic E-state index is -1.85. The summed E-state index contributed by atoms with van der Waals surface area (Å²) in [5, 5.41) is 20.9. The van der Waals surface area contributed by atoms with E-state index in [2.05, 4.69) is 5.43 Å². The number of nitrogens with one attached hydrogen (secondary N) is 1. The van der Waals surface area contributed by atoms with Crippen molar-refractivity contribution in [3.05, 3.63) is 64.2 Å². The minimum absolute atomic E-state index is 0.0642. The van der Waals surface area contributed by atoms with Gasteiger partial charge in [-0.1, -0.05) is 23.3 Å². The van der Waals surface area contributed by atoms with Gasteiger partial charge in [0.05, 0.1) is 5.54 Å². The minimum Gasteiger partial charge on any atom is -0.423 e. The largest absolute Gasteiger partial charge is 0.488 e. The average molecular weight is 442 g/mol. The van der Waals surface area contributed by atoms with Crippen molar-refractivity contribution in [3.63, 3.8) is 0 Å². The predicted molar refractivity (Wildman–Crippen MR) is 122 cm³/mol. The molecular formula is C23H31BN2O6. The Kier molecular flexibility index (Phi) is 8.20. The molecule has 0 aromatic heterocycles. The molecular weight excluding hydrogens is 411 g/mol. The fraction of sp³-hybridized carbons (Fsp3) is 0.391. The van der Waals surface area contributed by atoms with Gasteiger partial charge in [-0.15, -0.1) is 0 Å². The number of aryl methyl sites for hydroxylation is 2. The van der Waals surface area contributed by atoms with Crippen molar-refractivity contribution in [1.82, 2.24) is 10.4 Å². The SMILES string of the molecule is COC(OC)c1ccc(C(=O)NN(C(=O)c2cc(C)cc(C)c2)C(C)(C)C)cc1B(O)O. The van der Waals surface area contributed by atoms with Crippen molar-refractivity contribution in [2.45, 2.75) is 46.4 Å². The Balaban J connectivity index is 2.40. The number of carbonyl (C=O) groups is 2. The highest BCUT2D eigenvalue weighted by Gasteiger charge is 2.31. The van der Waals surface area contributed by atoms with E-state index in [4.69, 9.17) is 9.47 Å². The maximum absolute atomic E-state index is 13.3. The number of amides is 2. The number of carbonyl (C=O) groups excluding carboxylic acids is 2. The fourth-order valence-electron chi connectivity index (χ4n) is 3.42. The van der Waals surface area contributed by atoms with Gasteiger partial charge in [-0.25, -0.2) is 5.01 Å². The molecule has 0 fully saturated rings. The summed E-state index contributed by atoms with van der Waals surface area (Å²) in [6.45, 7) is 9.23. The van der Waals surface area contributed by atoms with Gasteiger partial charge in [0.1, 0.15) is 0 Å². The summed E-state index contributed by atoms with van der Waals surface area (Å²) in [4.78, 5) is 26.3. The number of hydrogen-bond donors (Lipinski definition) is 3. The lowest BCUT2D eigenvalue weighted by molar-refractivity contribution is -0.105. The standard InChI is InChI=1S/C23H31BN2O6/c1-14-10-15(2)12-17(11-14)21(28)26(23(3,4)5)25-20(27)16-8-9-18(22(31-6)32-7)19(13-16)24(29)30/h8-13,22,29-30H,1-7H3,(H,25,27). The molecule has 0 heterocycles. The molecule has 172 valence electrons. The summed E-state index contributed by atoms with van der Waals surface area (Å²) < 4.78 is 10.4. The van der Waals surface area contributed by atoms with Gasteiger partial charge in [0, 0.05) is 30.9 Å². The summed E-state index contributed by atoms with van der Waals surface area (Å²) in [6.07, 6.45) is -0.832. The first-order chi connectivity index (χ1) is 14.9. The first-order valence-corrected chi connectivity index (χ1v) is 10.2. The van der Waals surface area contributed by atoms with E-state index >= 15 is 0 Å². The van der Waals surface area contributed by atoms with Gasteiger partial charge in [-0.3, -0.25) is 15.0 Å². The quantitative estimate of drug-likeness (QED) is 0.358. The lowest BCUT2D eigenvalue weighted by Gasteiger charge is -2.35. The number of ether oxygens (including phenoxy) is 2. The molecule has 0 radical (unpaired) electrons. The van der Waals surface area contributed by atoms with Crippen LogP contribution < -0.4 is 10.9 Å².